The van der Waals surface area contributed by atoms with Crippen molar-refractivity contribution in [1.82, 2.24) is 9.97 Å². The van der Waals surface area contributed by atoms with E-state index < -0.39 is 0 Å². The van der Waals surface area contributed by atoms with Crippen molar-refractivity contribution in [3.63, 3.8) is 0 Å². The smallest absolute Gasteiger partial charge is 0.126 e. The summed E-state index contributed by atoms with van der Waals surface area (Å²) in [5, 5.41) is 9.33. The van der Waals surface area contributed by atoms with Crippen molar-refractivity contribution in [2.24, 2.45) is 0 Å². The minimum atomic E-state index is -0.0631. The first kappa shape index (κ1) is 17.2. The monoisotopic (exact) mass is 314 g/mol. The highest BCUT2D eigenvalue weighted by Crippen LogP contribution is 2.16. The first-order valence-electron chi connectivity index (χ1n) is 8.23. The van der Waals surface area contributed by atoms with Gasteiger partial charge in [0.05, 0.1) is 12.3 Å². The van der Waals surface area contributed by atoms with Gasteiger partial charge < -0.3 is 16.6 Å². The average Bonchev–Trinajstić information content (AvgIpc) is 2.56. The maximum Gasteiger partial charge on any atom is 0.126 e. The van der Waals surface area contributed by atoms with Crippen molar-refractivity contribution in [1.29, 1.82) is 0 Å². The van der Waals surface area contributed by atoms with E-state index in [1.54, 1.807) is 6.07 Å². The zero-order chi connectivity index (χ0) is 16.7. The van der Waals surface area contributed by atoms with Crippen LogP contribution < -0.4 is 11.5 Å². The van der Waals surface area contributed by atoms with Gasteiger partial charge in [0.25, 0.3) is 0 Å². The van der Waals surface area contributed by atoms with Gasteiger partial charge in [0, 0.05) is 5.69 Å². The summed E-state index contributed by atoms with van der Waals surface area (Å²) in [5.41, 5.74) is 15.6. The quantitative estimate of drug-likeness (QED) is 0.651. The minimum absolute atomic E-state index is 0.0631. The molecule has 124 valence electrons. The van der Waals surface area contributed by atoms with Crippen molar-refractivity contribution < 1.29 is 5.11 Å². The molecule has 0 fully saturated rings. The van der Waals surface area contributed by atoms with Crippen LogP contribution in [0.2, 0.25) is 0 Å². The maximum absolute atomic E-state index is 9.33. The fraction of sp³-hybridized carbons (Fsp3) is 0.444. The molecule has 2 rings (SSSR count). The molecule has 0 amide bonds. The van der Waals surface area contributed by atoms with E-state index in [0.29, 0.717) is 17.3 Å². The molecule has 0 aliphatic carbocycles. The number of anilines is 2. The zero-order valence-electron chi connectivity index (χ0n) is 13.8. The lowest BCUT2D eigenvalue weighted by molar-refractivity contribution is 0.275. The lowest BCUT2D eigenvalue weighted by Crippen LogP contribution is -2.02. The number of nitrogens with two attached hydrogens (primary N) is 2. The minimum Gasteiger partial charge on any atom is -0.390 e. The summed E-state index contributed by atoms with van der Waals surface area (Å²) >= 11 is 0. The molecule has 0 radical (unpaired) electrons. The van der Waals surface area contributed by atoms with Crippen LogP contribution in [0.25, 0.3) is 0 Å². The van der Waals surface area contributed by atoms with Crippen LogP contribution >= 0.6 is 0 Å². The Balaban J connectivity index is 1.78. The topological polar surface area (TPSA) is 98.0 Å². The molecule has 0 saturated heterocycles. The number of hydrogen-bond acceptors (Lipinski definition) is 5. The van der Waals surface area contributed by atoms with Crippen LogP contribution in [0.1, 0.15) is 48.7 Å². The average molecular weight is 314 g/mol. The Kier molecular flexibility index (Phi) is 6.35. The highest BCUT2D eigenvalue weighted by Gasteiger charge is 2.05. The van der Waals surface area contributed by atoms with Crippen LogP contribution in [0.4, 0.5) is 11.6 Å². The van der Waals surface area contributed by atoms with E-state index in [2.05, 4.69) is 29.0 Å². The summed E-state index contributed by atoms with van der Waals surface area (Å²) in [5.74, 6) is 1.12. The number of nitrogens with zero attached hydrogens (tertiary/aromatic N) is 2. The van der Waals surface area contributed by atoms with Crippen LogP contribution in [0.5, 0.6) is 0 Å². The highest BCUT2D eigenvalue weighted by atomic mass is 16.3. The second-order valence-electron chi connectivity index (χ2n) is 5.76. The molecule has 5 nitrogen and oxygen atoms in total. The predicted octanol–water partition coefficient (Wildman–Crippen LogP) is 2.65. The summed E-state index contributed by atoms with van der Waals surface area (Å²) in [6.45, 7) is 2.01. The van der Waals surface area contributed by atoms with Crippen molar-refractivity contribution in [2.75, 3.05) is 11.5 Å². The van der Waals surface area contributed by atoms with Gasteiger partial charge in [0.1, 0.15) is 11.6 Å². The third-order valence-corrected chi connectivity index (χ3v) is 4.06. The number of nitrogen functional groups attached to an aromatic ring is 2. The van der Waals surface area contributed by atoms with Crippen molar-refractivity contribution >= 4 is 11.6 Å². The molecule has 2 heterocycles. The number of rotatable bonds is 8. The van der Waals surface area contributed by atoms with E-state index in [0.717, 1.165) is 55.3 Å². The SMILES string of the molecule is CCc1ccc(CCCCCc2ccc(N)nc2CO)c(N)n1. The van der Waals surface area contributed by atoms with Gasteiger partial charge in [-0.3, -0.25) is 0 Å². The van der Waals surface area contributed by atoms with Crippen LogP contribution in [-0.4, -0.2) is 15.1 Å². The van der Waals surface area contributed by atoms with E-state index in [4.69, 9.17) is 11.5 Å². The fourth-order valence-corrected chi connectivity index (χ4v) is 2.67. The molecular weight excluding hydrogens is 288 g/mol. The predicted molar refractivity (Wildman–Crippen MR) is 93.9 cm³/mol. The van der Waals surface area contributed by atoms with E-state index in [-0.39, 0.29) is 6.61 Å². The van der Waals surface area contributed by atoms with E-state index >= 15 is 0 Å². The summed E-state index contributed by atoms with van der Waals surface area (Å²) in [6.07, 6.45) is 6.01. The van der Waals surface area contributed by atoms with Gasteiger partial charge in [-0.05, 0) is 55.4 Å². The lowest BCUT2D eigenvalue weighted by Gasteiger charge is -2.08. The lowest BCUT2D eigenvalue weighted by atomic mass is 10.0. The fourth-order valence-electron chi connectivity index (χ4n) is 2.67. The Labute approximate surface area is 137 Å². The molecule has 5 heteroatoms. The number of unbranched alkanes of at least 4 members (excludes halogenated alkanes) is 2. The van der Waals surface area contributed by atoms with Gasteiger partial charge in [0.2, 0.25) is 0 Å². The number of aliphatic hydroxyl groups excluding tert-OH is 1. The van der Waals surface area contributed by atoms with Crippen LogP contribution in [0.15, 0.2) is 24.3 Å². The Morgan fingerprint density at radius 2 is 1.61 bits per heavy atom. The normalized spacial score (nSPS) is 10.9. The number of hydrogen-bond donors (Lipinski definition) is 3. The van der Waals surface area contributed by atoms with Gasteiger partial charge in [-0.2, -0.15) is 0 Å². The van der Waals surface area contributed by atoms with E-state index in [1.807, 2.05) is 6.07 Å². The third kappa shape index (κ3) is 4.93. The largest absolute Gasteiger partial charge is 0.390 e. The Bertz CT molecular complexity index is 643. The molecule has 0 aliphatic rings. The third-order valence-electron chi connectivity index (χ3n) is 4.06. The maximum atomic E-state index is 9.33. The molecular formula is C18H26N4O. The van der Waals surface area contributed by atoms with Gasteiger partial charge in [-0.1, -0.05) is 25.5 Å². The Morgan fingerprint density at radius 3 is 2.26 bits per heavy atom. The standard InChI is InChI=1S/C18H26N4O/c1-2-15-10-8-14(18(20)21-15)7-5-3-4-6-13-9-11-17(19)22-16(13)12-23/h8-11,23H,2-7,12H2,1H3,(H2,19,22)(H2,20,21). The molecule has 2 aromatic heterocycles. The first-order valence-corrected chi connectivity index (χ1v) is 8.23. The molecule has 0 saturated carbocycles. The van der Waals surface area contributed by atoms with Gasteiger partial charge in [0.15, 0.2) is 0 Å². The Morgan fingerprint density at radius 1 is 0.913 bits per heavy atom. The van der Waals surface area contributed by atoms with Crippen LogP contribution in [0.3, 0.4) is 0 Å². The molecule has 0 aliphatic heterocycles. The number of pyridine rings is 2. The van der Waals surface area contributed by atoms with Crippen molar-refractivity contribution in [3.8, 4) is 0 Å². The molecule has 0 spiro atoms. The highest BCUT2D eigenvalue weighted by molar-refractivity contribution is 5.40. The molecule has 0 bridgehead atoms. The molecule has 5 N–H and O–H groups in total. The second-order valence-corrected chi connectivity index (χ2v) is 5.76. The van der Waals surface area contributed by atoms with E-state index in [1.165, 1.54) is 0 Å². The summed E-state index contributed by atoms with van der Waals surface area (Å²) in [7, 11) is 0. The second kappa shape index (κ2) is 8.48. The molecule has 0 atom stereocenters. The van der Waals surface area contributed by atoms with Gasteiger partial charge in [-0.15, -0.1) is 0 Å². The summed E-state index contributed by atoms with van der Waals surface area (Å²) in [4.78, 5) is 8.57. The molecule has 2 aromatic rings. The summed E-state index contributed by atoms with van der Waals surface area (Å²) in [6, 6.07) is 7.89. The van der Waals surface area contributed by atoms with Gasteiger partial charge >= 0.3 is 0 Å². The van der Waals surface area contributed by atoms with E-state index in [9.17, 15) is 5.11 Å². The Hall–Kier alpha value is -2.14. The summed E-state index contributed by atoms with van der Waals surface area (Å²) < 4.78 is 0. The van der Waals surface area contributed by atoms with Crippen molar-refractivity contribution in [3.05, 3.63) is 46.8 Å². The molecule has 23 heavy (non-hydrogen) atoms. The van der Waals surface area contributed by atoms with Crippen LogP contribution in [-0.2, 0) is 25.9 Å². The number of aromatic nitrogens is 2. The van der Waals surface area contributed by atoms with Gasteiger partial charge in [-0.25, -0.2) is 9.97 Å². The zero-order valence-corrected chi connectivity index (χ0v) is 13.8. The first-order chi connectivity index (χ1) is 11.1. The number of aliphatic hydroxyl groups is 1. The van der Waals surface area contributed by atoms with Crippen molar-refractivity contribution in [2.45, 2.75) is 52.1 Å². The number of aryl methyl sites for hydroxylation is 3. The molecule has 0 unspecified atom stereocenters. The van der Waals surface area contributed by atoms with Crippen LogP contribution in [0, 0.1) is 0 Å². The molecule has 0 aromatic carbocycles.